The van der Waals surface area contributed by atoms with Crippen LogP contribution in [0.5, 0.6) is 69.0 Å². The number of carbonyl (C=O) groups excluding carboxylic acids is 6. The number of aromatic hydroxyl groups is 6. The number of amides is 6. The molecule has 26 nitrogen and oxygen atoms in total. The highest BCUT2D eigenvalue weighted by molar-refractivity contribution is 6.32. The van der Waals surface area contributed by atoms with Gasteiger partial charge in [0.2, 0.25) is 41.2 Å². The van der Waals surface area contributed by atoms with Gasteiger partial charge in [-0.2, -0.15) is 0 Å². The van der Waals surface area contributed by atoms with E-state index in [9.17, 15) is 50.4 Å². The van der Waals surface area contributed by atoms with Gasteiger partial charge in [-0.3, -0.25) is 28.8 Å². The zero-order chi connectivity index (χ0) is 68.2. The lowest BCUT2D eigenvalue weighted by Crippen LogP contribution is -2.58. The molecular weight excluding hydrogens is 1300 g/mol. The zero-order valence-electron chi connectivity index (χ0n) is 50.9. The third-order valence-corrected chi connectivity index (χ3v) is 20.0. The minimum atomic E-state index is -2.21. The monoisotopic (exact) mass is 1360 g/mol. The fraction of sp³-hybridized carbons (Fsp3) is 0.290. The number of fused-ring (bicyclic) bond motifs is 14. The van der Waals surface area contributed by atoms with Gasteiger partial charge in [-0.25, -0.2) is 4.79 Å². The molecule has 97 heavy (non-hydrogen) atoms. The van der Waals surface area contributed by atoms with Gasteiger partial charge >= 0.3 is 5.97 Å². The summed E-state index contributed by atoms with van der Waals surface area (Å²) in [4.78, 5) is 105. The molecule has 4 fully saturated rings. The number of phenolic OH excluding ortho intramolecular Hbond substituents is 6. The number of hydrogen-bond donors (Lipinski definition) is 16. The number of aliphatic hydroxyl groups excluding tert-OH is 1. The van der Waals surface area contributed by atoms with Crippen molar-refractivity contribution >= 4 is 64.6 Å². The number of carbonyl (C=O) groups is 7. The molecule has 7 aromatic rings. The number of benzene rings is 7. The first-order valence-electron chi connectivity index (χ1n) is 31.1. The summed E-state index contributed by atoms with van der Waals surface area (Å²) in [6, 6.07) is 7.85. The van der Waals surface area contributed by atoms with Crippen molar-refractivity contribution in [3.05, 3.63) is 164 Å². The summed E-state index contributed by atoms with van der Waals surface area (Å²) in [5, 5.41) is 113. The van der Waals surface area contributed by atoms with Crippen molar-refractivity contribution in [2.24, 2.45) is 23.5 Å². The van der Waals surface area contributed by atoms with Crippen molar-refractivity contribution in [3.8, 4) is 80.1 Å². The third-order valence-electron chi connectivity index (χ3n) is 19.4. The first kappa shape index (κ1) is 63.9. The van der Waals surface area contributed by atoms with Gasteiger partial charge in [0.25, 0.3) is 0 Å². The van der Waals surface area contributed by atoms with Crippen molar-refractivity contribution < 1.29 is 88.6 Å². The minimum Gasteiger partial charge on any atom is -0.508 e. The number of nitrogens with two attached hydrogens (primary N) is 1. The average Bonchev–Trinajstić information content (AvgIpc) is 0.795. The maximum atomic E-state index is 16.0. The molecule has 500 valence electrons. The fourth-order valence-electron chi connectivity index (χ4n) is 15.1. The Morgan fingerprint density at radius 3 is 1.76 bits per heavy atom. The van der Waals surface area contributed by atoms with E-state index in [0.717, 1.165) is 87.1 Å². The van der Waals surface area contributed by atoms with Gasteiger partial charge < -0.3 is 98.0 Å². The average molecular weight is 1360 g/mol. The van der Waals surface area contributed by atoms with Crippen molar-refractivity contribution in [3.63, 3.8) is 0 Å². The first-order valence-corrected chi connectivity index (χ1v) is 31.9. The molecule has 17 rings (SSSR count). The second-order valence-electron chi connectivity index (χ2n) is 25.9. The predicted molar refractivity (Wildman–Crippen MR) is 343 cm³/mol. The van der Waals surface area contributed by atoms with E-state index in [1.165, 1.54) is 60.7 Å². The second kappa shape index (κ2) is 24.6. The van der Waals surface area contributed by atoms with Gasteiger partial charge in [-0.1, -0.05) is 47.5 Å². The fourth-order valence-corrected chi connectivity index (χ4v) is 15.5. The van der Waals surface area contributed by atoms with Crippen LogP contribution in [0.15, 0.2) is 109 Å². The van der Waals surface area contributed by atoms with Crippen LogP contribution < -0.4 is 57.2 Å². The van der Waals surface area contributed by atoms with Crippen LogP contribution in [-0.2, 0) is 46.5 Å². The maximum absolute atomic E-state index is 16.0. The summed E-state index contributed by atoms with van der Waals surface area (Å²) in [6.07, 6.45) is 3.41. The first-order chi connectivity index (χ1) is 46.3. The number of carboxylic acid groups (broad SMARTS) is 1. The van der Waals surface area contributed by atoms with E-state index in [1.54, 1.807) is 0 Å². The topological polar surface area (TPSA) is 419 Å². The van der Waals surface area contributed by atoms with Crippen molar-refractivity contribution in [2.45, 2.75) is 105 Å². The van der Waals surface area contributed by atoms with Crippen LogP contribution in [0.4, 0.5) is 0 Å². The summed E-state index contributed by atoms with van der Waals surface area (Å²) in [7, 11) is 0. The van der Waals surface area contributed by atoms with E-state index in [0.29, 0.717) is 23.3 Å². The smallest absolute Gasteiger partial charge is 0.330 e. The third kappa shape index (κ3) is 12.0. The lowest BCUT2D eigenvalue weighted by Gasteiger charge is -2.57. The Morgan fingerprint density at radius 1 is 0.536 bits per heavy atom. The number of carboxylic acids is 1. The van der Waals surface area contributed by atoms with E-state index < -0.39 is 147 Å². The molecule has 1 unspecified atom stereocenters. The molecule has 0 aromatic heterocycles. The predicted octanol–water partition coefficient (Wildman–Crippen LogP) is 7.04. The van der Waals surface area contributed by atoms with Crippen molar-refractivity contribution in [2.75, 3.05) is 0 Å². The Labute approximate surface area is 560 Å². The molecule has 4 aliphatic carbocycles. The highest BCUT2D eigenvalue weighted by Gasteiger charge is 2.51. The molecule has 7 aromatic carbocycles. The molecule has 10 aliphatic rings. The number of halogens is 2. The van der Waals surface area contributed by atoms with E-state index in [-0.39, 0.29) is 90.5 Å². The van der Waals surface area contributed by atoms with Crippen LogP contribution in [-0.4, -0.2) is 99.9 Å². The second-order valence-corrected chi connectivity index (χ2v) is 26.7. The SMILES string of the molecule is N[C@@H]1C(=O)N[C@H]2Cc3ccc(c(Cl)c3)Oc3cc4cc(c3O)Oc3ccc(cc3Cl)C(O)[C@@H]3NC(=O)[C@@H](NC(=O)[C@H]4NC(=O)[C@@H](NC2=O)c2cc(O)cc(c2)Oc2cc1ccc2O)c1ccc(O)c(c1)-c1c(cc(O)c(CNC24CC5CC(CC(C5)C2)C4)c1O)[C@@H](C(=O)O)NC3=O. The number of aliphatic carboxylic acids is 1. The molecule has 0 radical (unpaired) electrons. The van der Waals surface area contributed by atoms with Gasteiger partial charge in [0, 0.05) is 41.3 Å². The van der Waals surface area contributed by atoms with Gasteiger partial charge in [0.05, 0.1) is 15.6 Å². The van der Waals surface area contributed by atoms with Crippen LogP contribution in [0.3, 0.4) is 0 Å². The van der Waals surface area contributed by atoms with Crippen LogP contribution in [0, 0.1) is 17.8 Å². The molecule has 6 heterocycles. The maximum Gasteiger partial charge on any atom is 0.330 e. The Bertz CT molecular complexity index is 4500. The molecule has 4 saturated carbocycles. The van der Waals surface area contributed by atoms with E-state index >= 15 is 24.0 Å². The van der Waals surface area contributed by atoms with E-state index in [2.05, 4.69) is 37.2 Å². The molecule has 17 N–H and O–H groups in total. The minimum absolute atomic E-state index is 0.105. The summed E-state index contributed by atoms with van der Waals surface area (Å²) >= 11 is 13.8. The molecule has 0 spiro atoms. The van der Waals surface area contributed by atoms with Crippen LogP contribution >= 0.6 is 23.2 Å². The van der Waals surface area contributed by atoms with Crippen LogP contribution in [0.2, 0.25) is 10.0 Å². The zero-order valence-corrected chi connectivity index (χ0v) is 52.4. The van der Waals surface area contributed by atoms with Crippen molar-refractivity contribution in [1.29, 1.82) is 0 Å². The standard InChI is InChI=1S/C69H62Cl2N8O18/c70-41-12-27-1-7-47(41)96-50-19-35-20-51(61(50)86)97-48-8-4-33(17-42(48)71)59(84)58-67(92)78-57(68(93)94)39-22-46(83)40(26-73-69-23-28-9-29(24-69)11-30(10-28)25-69)60(85)52(39)38-16-32(3-5-44(38)81)54(64(89)79-58)76-66(91)56(35)77-65(90)55-34-14-36(80)21-37(15-34)95-49-18-31(2-6-45(49)82)53(72)63(88)74-43(13-27)62(87)75-55/h1-8,12,14-22,28-30,43,53-59,73,80-86H,9-11,13,23-26,72H2,(H,74,88)(H,75,87)(H,76,91)(H,77,90)(H,78,92)(H,79,89)(H,93,94)/t28?,29?,30?,43-,53-,54-,55-,56-,57-,58-,59?,69?/m0/s1. The lowest BCUT2D eigenvalue weighted by atomic mass is 9.53. The Hall–Kier alpha value is -10.5. The summed E-state index contributed by atoms with van der Waals surface area (Å²) in [5.41, 5.74) is 4.21. The molecule has 6 aliphatic heterocycles. The molecule has 0 saturated heterocycles. The normalized spacial score (nSPS) is 26.5. The number of ether oxygens (including phenoxy) is 3. The number of rotatable bonds is 4. The Balaban J connectivity index is 0.950. The highest BCUT2D eigenvalue weighted by atomic mass is 35.5. The molecular formula is C69H62Cl2N8O18. The number of aliphatic hydroxyl groups is 1. The molecule has 28 heteroatoms. The van der Waals surface area contributed by atoms with Crippen LogP contribution in [0.25, 0.3) is 11.1 Å². The van der Waals surface area contributed by atoms with Gasteiger partial charge in [0.15, 0.2) is 29.0 Å². The molecule has 6 amide bonds. The Kier molecular flexibility index (Phi) is 16.2. The number of hydrogen-bond acceptors (Lipinski definition) is 19. The van der Waals surface area contributed by atoms with Gasteiger partial charge in [0.1, 0.15) is 82.6 Å². The highest BCUT2D eigenvalue weighted by Crippen LogP contribution is 2.57. The van der Waals surface area contributed by atoms with Crippen molar-refractivity contribution in [1.82, 2.24) is 37.2 Å². The van der Waals surface area contributed by atoms with E-state index in [1.807, 2.05) is 0 Å². The number of phenols is 6. The molecule has 8 atom stereocenters. The lowest BCUT2D eigenvalue weighted by molar-refractivity contribution is -0.143. The summed E-state index contributed by atoms with van der Waals surface area (Å²) < 4.78 is 18.6. The van der Waals surface area contributed by atoms with Gasteiger partial charge in [-0.15, -0.1) is 0 Å². The van der Waals surface area contributed by atoms with Gasteiger partial charge in [-0.05, 0) is 169 Å². The quantitative estimate of drug-likeness (QED) is 0.0839. The van der Waals surface area contributed by atoms with E-state index in [4.69, 9.17) is 43.1 Å². The number of nitrogens with one attached hydrogen (secondary N) is 7. The van der Waals surface area contributed by atoms with Crippen LogP contribution in [0.1, 0.15) is 119 Å². The largest absolute Gasteiger partial charge is 0.508 e. The summed E-state index contributed by atoms with van der Waals surface area (Å²) in [5.74, 6) is -13.1. The molecule has 21 bridgehead atoms. The summed E-state index contributed by atoms with van der Waals surface area (Å²) in [6.45, 7) is -0.142. The Morgan fingerprint density at radius 2 is 1.11 bits per heavy atom.